The third kappa shape index (κ3) is 12.6. The Hall–Kier alpha value is -1.11. The number of nitrogens with zero attached hydrogens (tertiary/aromatic N) is 2. The number of hydrogen-bond acceptors (Lipinski definition) is 7. The quantitative estimate of drug-likeness (QED) is 0.0776. The molecule has 1 N–H and O–H groups in total. The van der Waals surface area contributed by atoms with Crippen LogP contribution in [-0.2, 0) is 24.8 Å². The maximum atomic E-state index is 13.2. The number of unbranched alkanes of at least 4 members (excludes halogenated alkanes) is 12. The van der Waals surface area contributed by atoms with Gasteiger partial charge in [-0.3, -0.25) is 0 Å². The lowest BCUT2D eigenvalue weighted by Crippen LogP contribution is -2.43. The molecule has 0 spiro atoms. The Morgan fingerprint density at radius 2 is 1.59 bits per heavy atom. The van der Waals surface area contributed by atoms with Crippen LogP contribution >= 0.6 is 11.3 Å². The molecule has 0 unspecified atom stereocenters. The molecule has 11 heteroatoms. The van der Waals surface area contributed by atoms with Crippen LogP contribution in [-0.4, -0.2) is 60.7 Å². The van der Waals surface area contributed by atoms with Crippen molar-refractivity contribution < 1.29 is 21.6 Å². The summed E-state index contributed by atoms with van der Waals surface area (Å²) >= 11 is 0.803. The van der Waals surface area contributed by atoms with Crippen molar-refractivity contribution in [2.75, 3.05) is 33.4 Å². The third-order valence-corrected chi connectivity index (χ3v) is 12.6. The molecular formula is C30H53N3O5S3. The predicted molar refractivity (Wildman–Crippen MR) is 171 cm³/mol. The molecule has 1 aromatic rings. The lowest BCUT2D eigenvalue weighted by atomic mass is 10.1. The number of nitrogens with one attached hydrogen (secondary N) is 1. The van der Waals surface area contributed by atoms with Gasteiger partial charge in [0.25, 0.3) is 20.0 Å². The van der Waals surface area contributed by atoms with E-state index in [1.54, 1.807) is 7.11 Å². The molecule has 0 bridgehead atoms. The molecular weight excluding hydrogens is 579 g/mol. The number of ether oxygens (including phenoxy) is 1. The molecule has 1 aromatic heterocycles. The monoisotopic (exact) mass is 631 g/mol. The summed E-state index contributed by atoms with van der Waals surface area (Å²) in [6.45, 7) is 5.89. The number of hydrogen-bond donors (Lipinski definition) is 1. The summed E-state index contributed by atoms with van der Waals surface area (Å²) < 4.78 is 62.8. The van der Waals surface area contributed by atoms with Gasteiger partial charge in [0.15, 0.2) is 0 Å². The fourth-order valence-corrected chi connectivity index (χ4v) is 9.76. The zero-order valence-electron chi connectivity index (χ0n) is 25.5. The highest BCUT2D eigenvalue weighted by molar-refractivity contribution is 7.94. The van der Waals surface area contributed by atoms with Gasteiger partial charge in [0.05, 0.1) is 0 Å². The van der Waals surface area contributed by atoms with Crippen LogP contribution in [0.15, 0.2) is 31.0 Å². The number of rotatable bonds is 23. The standard InChI is InChI=1S/C30H53N3O5S3/c1-4-6-7-8-9-10-11-12-13-14-15-16-17-18-19-20-22-32-40(34,35)29-25-27-28(31-5-2)26-33(23-21-24-38-3)41(36,37)30(27)39-29/h12-13,22,25,28,31H,4-11,14-21,23-24,26H2,1-3H3/b13-12+,32-22?/t28-/m0/s1. The van der Waals surface area contributed by atoms with E-state index in [0.29, 0.717) is 38.1 Å². The molecule has 0 amide bonds. The van der Waals surface area contributed by atoms with Crippen molar-refractivity contribution in [1.82, 2.24) is 9.62 Å². The fraction of sp³-hybridized carbons (Fsp3) is 0.767. The zero-order chi connectivity index (χ0) is 30.0. The molecule has 236 valence electrons. The zero-order valence-corrected chi connectivity index (χ0v) is 27.9. The first kappa shape index (κ1) is 36.1. The number of methoxy groups -OCH3 is 1. The minimum absolute atomic E-state index is 0.0199. The Morgan fingerprint density at radius 3 is 2.20 bits per heavy atom. The maximum absolute atomic E-state index is 13.2. The summed E-state index contributed by atoms with van der Waals surface area (Å²) in [5, 5.41) is 3.30. The first-order valence-corrected chi connectivity index (χ1v) is 19.3. The average molecular weight is 632 g/mol. The first-order valence-electron chi connectivity index (χ1n) is 15.6. The van der Waals surface area contributed by atoms with Crippen molar-refractivity contribution in [3.8, 4) is 0 Å². The Kier molecular flexibility index (Phi) is 17.6. The summed E-state index contributed by atoms with van der Waals surface area (Å²) in [6, 6.07) is 1.23. The van der Waals surface area contributed by atoms with Crippen molar-refractivity contribution in [3.63, 3.8) is 0 Å². The molecule has 0 aromatic carbocycles. The van der Waals surface area contributed by atoms with Crippen LogP contribution in [0.1, 0.15) is 122 Å². The van der Waals surface area contributed by atoms with E-state index in [-0.39, 0.29) is 21.0 Å². The maximum Gasteiger partial charge on any atom is 0.291 e. The molecule has 41 heavy (non-hydrogen) atoms. The minimum atomic E-state index is -3.95. The molecule has 0 radical (unpaired) electrons. The number of fused-ring (bicyclic) bond motifs is 1. The summed E-state index contributed by atoms with van der Waals surface area (Å²) in [5.41, 5.74) is 0.519. The van der Waals surface area contributed by atoms with E-state index in [2.05, 4.69) is 28.8 Å². The number of likely N-dealkylation sites (N-methyl/N-ethyl adjacent to an activating group) is 1. The van der Waals surface area contributed by atoms with Crippen molar-refractivity contribution in [1.29, 1.82) is 0 Å². The van der Waals surface area contributed by atoms with Crippen molar-refractivity contribution in [2.24, 2.45) is 4.40 Å². The molecule has 1 aliphatic rings. The summed E-state index contributed by atoms with van der Waals surface area (Å²) in [6.07, 6.45) is 23.1. The highest BCUT2D eigenvalue weighted by atomic mass is 32.3. The third-order valence-electron chi connectivity index (χ3n) is 7.31. The van der Waals surface area contributed by atoms with E-state index in [1.807, 2.05) is 6.92 Å². The Morgan fingerprint density at radius 1 is 0.976 bits per heavy atom. The van der Waals surface area contributed by atoms with Crippen LogP contribution in [0.5, 0.6) is 0 Å². The number of allylic oxidation sites excluding steroid dienone is 2. The average Bonchev–Trinajstić information content (AvgIpc) is 3.41. The van der Waals surface area contributed by atoms with Gasteiger partial charge in [-0.25, -0.2) is 8.42 Å². The lowest BCUT2D eigenvalue weighted by Gasteiger charge is -2.32. The smallest absolute Gasteiger partial charge is 0.291 e. The molecule has 0 fully saturated rings. The second-order valence-corrected chi connectivity index (χ2v) is 15.8. The second kappa shape index (κ2) is 20.0. The van der Waals surface area contributed by atoms with Crippen molar-refractivity contribution in [2.45, 2.75) is 125 Å². The Balaban J connectivity index is 1.75. The van der Waals surface area contributed by atoms with Gasteiger partial charge in [0.2, 0.25) is 0 Å². The van der Waals surface area contributed by atoms with Gasteiger partial charge in [-0.15, -0.1) is 11.3 Å². The highest BCUT2D eigenvalue weighted by Gasteiger charge is 2.39. The van der Waals surface area contributed by atoms with Gasteiger partial charge in [0.1, 0.15) is 8.42 Å². The molecule has 0 aliphatic carbocycles. The molecule has 0 saturated carbocycles. The minimum Gasteiger partial charge on any atom is -0.385 e. The van der Waals surface area contributed by atoms with Crippen LogP contribution < -0.4 is 5.32 Å². The van der Waals surface area contributed by atoms with Gasteiger partial charge in [-0.05, 0) is 57.6 Å². The van der Waals surface area contributed by atoms with E-state index >= 15 is 0 Å². The van der Waals surface area contributed by atoms with Gasteiger partial charge in [0, 0.05) is 44.6 Å². The number of thiophene rings is 1. The van der Waals surface area contributed by atoms with Crippen LogP contribution in [0.25, 0.3) is 0 Å². The predicted octanol–water partition coefficient (Wildman–Crippen LogP) is 7.24. The molecule has 0 saturated heterocycles. The van der Waals surface area contributed by atoms with Crippen molar-refractivity contribution in [3.05, 3.63) is 23.8 Å². The van der Waals surface area contributed by atoms with Crippen LogP contribution in [0.2, 0.25) is 0 Å². The van der Waals surface area contributed by atoms with Gasteiger partial charge in [-0.2, -0.15) is 17.1 Å². The highest BCUT2D eigenvalue weighted by Crippen LogP contribution is 2.40. The largest absolute Gasteiger partial charge is 0.385 e. The van der Waals surface area contributed by atoms with Crippen LogP contribution in [0, 0.1) is 0 Å². The van der Waals surface area contributed by atoms with Crippen LogP contribution in [0.3, 0.4) is 0 Å². The molecule has 8 nitrogen and oxygen atoms in total. The van der Waals surface area contributed by atoms with E-state index < -0.39 is 20.0 Å². The van der Waals surface area contributed by atoms with E-state index in [4.69, 9.17) is 4.74 Å². The SMILES string of the molecule is CCCCCCCC/C=C/CCCCCCCC=NS(=O)(=O)c1cc2c(s1)S(=O)(=O)N(CCCOC)C[C@@H]2NCC. The normalized spacial score (nSPS) is 17.6. The number of sulfonamides is 2. The topological polar surface area (TPSA) is 105 Å². The molecule has 1 aliphatic heterocycles. The molecule has 2 rings (SSSR count). The fourth-order valence-electron chi connectivity index (χ4n) is 4.98. The van der Waals surface area contributed by atoms with Gasteiger partial charge >= 0.3 is 0 Å². The van der Waals surface area contributed by atoms with E-state index in [1.165, 1.54) is 74.4 Å². The summed E-state index contributed by atoms with van der Waals surface area (Å²) in [4.78, 5) is 0. The first-order chi connectivity index (χ1) is 19.8. The van der Waals surface area contributed by atoms with E-state index in [0.717, 1.165) is 37.0 Å². The Labute approximate surface area is 254 Å². The van der Waals surface area contributed by atoms with Gasteiger partial charge < -0.3 is 10.1 Å². The Bertz CT molecular complexity index is 1130. The molecule has 1 atom stereocenters. The van der Waals surface area contributed by atoms with E-state index in [9.17, 15) is 16.8 Å². The van der Waals surface area contributed by atoms with Crippen molar-refractivity contribution >= 4 is 37.6 Å². The summed E-state index contributed by atoms with van der Waals surface area (Å²) in [7, 11) is -6.14. The molecule has 2 heterocycles. The second-order valence-electron chi connectivity index (χ2n) is 10.8. The van der Waals surface area contributed by atoms with Gasteiger partial charge in [-0.1, -0.05) is 77.4 Å². The summed E-state index contributed by atoms with van der Waals surface area (Å²) in [5.74, 6) is 0. The van der Waals surface area contributed by atoms with Crippen LogP contribution in [0.4, 0.5) is 0 Å². The lowest BCUT2D eigenvalue weighted by molar-refractivity contribution is 0.185.